The fraction of sp³-hybridized carbons (Fsp3) is 0.364. The highest BCUT2D eigenvalue weighted by molar-refractivity contribution is 7.91. The smallest absolute Gasteiger partial charge is 0.224 e. The highest BCUT2D eigenvalue weighted by Crippen LogP contribution is 2.36. The summed E-state index contributed by atoms with van der Waals surface area (Å²) in [6.45, 7) is 0. The molecule has 7 heteroatoms. The third kappa shape index (κ3) is 2.35. The van der Waals surface area contributed by atoms with Crippen LogP contribution in [-0.4, -0.2) is 32.0 Å². The van der Waals surface area contributed by atoms with E-state index in [2.05, 4.69) is 0 Å². The maximum Gasteiger partial charge on any atom is 0.224 e. The molecule has 18 heavy (non-hydrogen) atoms. The molecule has 0 saturated carbocycles. The Kier molecular flexibility index (Phi) is 3.58. The van der Waals surface area contributed by atoms with Gasteiger partial charge in [-0.2, -0.15) is 0 Å². The number of amides is 1. The van der Waals surface area contributed by atoms with Gasteiger partial charge in [-0.05, 0) is 12.1 Å². The van der Waals surface area contributed by atoms with Gasteiger partial charge in [0.15, 0.2) is 15.2 Å². The number of hydrogen-bond donors (Lipinski definition) is 0. The Hall–Kier alpha value is -0.780. The minimum atomic E-state index is -3.42. The second-order valence-electron chi connectivity index (χ2n) is 4.14. The van der Waals surface area contributed by atoms with Crippen molar-refractivity contribution in [2.45, 2.75) is 11.8 Å². The third-order valence-electron chi connectivity index (χ3n) is 2.91. The molecule has 1 unspecified atom stereocenters. The zero-order chi connectivity index (χ0) is 13.5. The van der Waals surface area contributed by atoms with Crippen molar-refractivity contribution < 1.29 is 13.2 Å². The first-order valence-electron chi connectivity index (χ1n) is 5.25. The van der Waals surface area contributed by atoms with Crippen LogP contribution >= 0.6 is 23.2 Å². The van der Waals surface area contributed by atoms with Crippen LogP contribution in [0.4, 0.5) is 0 Å². The monoisotopic (exact) mass is 307 g/mol. The molecule has 0 aromatic heterocycles. The number of carbonyl (C=O) groups excluding carboxylic acids is 1. The molecular formula is C11H11Cl2NO3S. The lowest BCUT2D eigenvalue weighted by molar-refractivity contribution is -0.130. The Morgan fingerprint density at radius 3 is 2.61 bits per heavy atom. The molecule has 0 aliphatic carbocycles. The molecule has 0 spiro atoms. The quantitative estimate of drug-likeness (QED) is 0.800. The van der Waals surface area contributed by atoms with Crippen molar-refractivity contribution in [2.24, 2.45) is 0 Å². The molecular weight excluding hydrogens is 297 g/mol. The van der Waals surface area contributed by atoms with Gasteiger partial charge in [0.05, 0.1) is 5.75 Å². The maximum atomic E-state index is 12.1. The van der Waals surface area contributed by atoms with Gasteiger partial charge in [0.25, 0.3) is 0 Å². The van der Waals surface area contributed by atoms with E-state index in [4.69, 9.17) is 23.2 Å². The van der Waals surface area contributed by atoms with Crippen LogP contribution in [0.3, 0.4) is 0 Å². The van der Waals surface area contributed by atoms with E-state index in [-0.39, 0.29) is 23.1 Å². The highest BCUT2D eigenvalue weighted by Gasteiger charge is 2.39. The first-order valence-corrected chi connectivity index (χ1v) is 7.72. The van der Waals surface area contributed by atoms with Gasteiger partial charge in [0.1, 0.15) is 0 Å². The zero-order valence-corrected chi connectivity index (χ0v) is 11.9. The standard InChI is InChI=1S/C11H11Cl2NO3S/c1-14-10(15)4-5-18(16,17)11(14)8-3-2-7(12)6-9(8)13/h2-3,6,11H,4-5H2,1H3. The summed E-state index contributed by atoms with van der Waals surface area (Å²) in [5.41, 5.74) is 0.386. The number of carbonyl (C=O) groups is 1. The molecule has 0 radical (unpaired) electrons. The van der Waals surface area contributed by atoms with Crippen molar-refractivity contribution in [3.63, 3.8) is 0 Å². The first-order chi connectivity index (χ1) is 8.33. The van der Waals surface area contributed by atoms with Gasteiger partial charge in [-0.3, -0.25) is 4.79 Å². The topological polar surface area (TPSA) is 54.5 Å². The number of nitrogens with zero attached hydrogens (tertiary/aromatic N) is 1. The lowest BCUT2D eigenvalue weighted by Gasteiger charge is -2.32. The van der Waals surface area contributed by atoms with Gasteiger partial charge >= 0.3 is 0 Å². The third-order valence-corrected chi connectivity index (χ3v) is 5.50. The number of rotatable bonds is 1. The molecule has 1 heterocycles. The Morgan fingerprint density at radius 1 is 1.33 bits per heavy atom. The summed E-state index contributed by atoms with van der Waals surface area (Å²) in [4.78, 5) is 12.9. The minimum Gasteiger partial charge on any atom is -0.325 e. The molecule has 98 valence electrons. The van der Waals surface area contributed by atoms with Crippen molar-refractivity contribution in [1.82, 2.24) is 4.90 Å². The predicted molar refractivity (Wildman–Crippen MR) is 70.4 cm³/mol. The number of halogens is 2. The largest absolute Gasteiger partial charge is 0.325 e. The zero-order valence-electron chi connectivity index (χ0n) is 9.56. The van der Waals surface area contributed by atoms with E-state index >= 15 is 0 Å². The molecule has 0 bridgehead atoms. The maximum absolute atomic E-state index is 12.1. The highest BCUT2D eigenvalue weighted by atomic mass is 35.5. The normalized spacial score (nSPS) is 23.2. The van der Waals surface area contributed by atoms with Crippen LogP contribution < -0.4 is 0 Å². The summed E-state index contributed by atoms with van der Waals surface area (Å²) in [5, 5.41) is -0.355. The summed E-state index contributed by atoms with van der Waals surface area (Å²) in [6.07, 6.45) is 0.0144. The molecule has 1 aliphatic rings. The van der Waals surface area contributed by atoms with E-state index in [0.29, 0.717) is 10.6 Å². The number of hydrogen-bond acceptors (Lipinski definition) is 3. The van der Waals surface area contributed by atoms with Gasteiger partial charge in [0, 0.05) is 29.1 Å². The lowest BCUT2D eigenvalue weighted by Crippen LogP contribution is -2.42. The van der Waals surface area contributed by atoms with Crippen molar-refractivity contribution >= 4 is 38.9 Å². The molecule has 1 saturated heterocycles. The second kappa shape index (κ2) is 4.72. The average molecular weight is 308 g/mol. The summed E-state index contributed by atoms with van der Waals surface area (Å²) in [6, 6.07) is 4.58. The van der Waals surface area contributed by atoms with Crippen LogP contribution in [0.1, 0.15) is 17.4 Å². The van der Waals surface area contributed by atoms with Gasteiger partial charge < -0.3 is 4.90 Å². The molecule has 1 aromatic rings. The summed E-state index contributed by atoms with van der Waals surface area (Å²) >= 11 is 11.8. The predicted octanol–water partition coefficient (Wildman–Crippen LogP) is 2.27. The van der Waals surface area contributed by atoms with Gasteiger partial charge in [-0.1, -0.05) is 29.3 Å². The Labute approximate surface area is 115 Å². The van der Waals surface area contributed by atoms with Crippen LogP contribution in [0, 0.1) is 0 Å². The molecule has 1 aliphatic heterocycles. The van der Waals surface area contributed by atoms with E-state index < -0.39 is 15.2 Å². The minimum absolute atomic E-state index is 0.0144. The van der Waals surface area contributed by atoms with E-state index in [1.165, 1.54) is 18.0 Å². The van der Waals surface area contributed by atoms with Crippen molar-refractivity contribution in [2.75, 3.05) is 12.8 Å². The summed E-state index contributed by atoms with van der Waals surface area (Å²) in [5.74, 6) is -0.361. The fourth-order valence-corrected chi connectivity index (χ4v) is 4.44. The Balaban J connectivity index is 2.55. The average Bonchev–Trinajstić information content (AvgIpc) is 2.27. The molecule has 0 N–H and O–H groups in total. The fourth-order valence-electron chi connectivity index (χ4n) is 1.99. The Bertz CT molecular complexity index is 600. The van der Waals surface area contributed by atoms with E-state index in [9.17, 15) is 13.2 Å². The van der Waals surface area contributed by atoms with Gasteiger partial charge in [-0.15, -0.1) is 0 Å². The van der Waals surface area contributed by atoms with Crippen LogP contribution in [0.15, 0.2) is 18.2 Å². The summed E-state index contributed by atoms with van der Waals surface area (Å²) in [7, 11) is -1.95. The SMILES string of the molecule is CN1C(=O)CCS(=O)(=O)C1c1ccc(Cl)cc1Cl. The number of benzene rings is 1. The molecule has 2 rings (SSSR count). The Morgan fingerprint density at radius 2 is 2.00 bits per heavy atom. The van der Waals surface area contributed by atoms with Crippen LogP contribution in [0.2, 0.25) is 10.0 Å². The molecule has 1 atom stereocenters. The van der Waals surface area contributed by atoms with E-state index in [0.717, 1.165) is 0 Å². The number of sulfone groups is 1. The van der Waals surface area contributed by atoms with Gasteiger partial charge in [-0.25, -0.2) is 8.42 Å². The summed E-state index contributed by atoms with van der Waals surface area (Å²) < 4.78 is 24.2. The van der Waals surface area contributed by atoms with Crippen LogP contribution in [0.5, 0.6) is 0 Å². The van der Waals surface area contributed by atoms with Crippen molar-refractivity contribution in [3.05, 3.63) is 33.8 Å². The molecule has 1 fully saturated rings. The van der Waals surface area contributed by atoms with Gasteiger partial charge in [0.2, 0.25) is 5.91 Å². The van der Waals surface area contributed by atoms with Crippen molar-refractivity contribution in [1.29, 1.82) is 0 Å². The molecule has 1 amide bonds. The lowest BCUT2D eigenvalue weighted by atomic mass is 10.2. The van der Waals surface area contributed by atoms with Crippen LogP contribution in [0.25, 0.3) is 0 Å². The first kappa shape index (κ1) is 13.6. The second-order valence-corrected chi connectivity index (χ2v) is 7.16. The molecule has 4 nitrogen and oxygen atoms in total. The van der Waals surface area contributed by atoms with Crippen LogP contribution in [-0.2, 0) is 14.6 Å². The van der Waals surface area contributed by atoms with E-state index in [1.54, 1.807) is 12.1 Å². The molecule has 1 aromatic carbocycles. The van der Waals surface area contributed by atoms with E-state index in [1.807, 2.05) is 0 Å². The van der Waals surface area contributed by atoms with Crippen molar-refractivity contribution in [3.8, 4) is 0 Å².